The van der Waals surface area contributed by atoms with Crippen LogP contribution in [0.4, 0.5) is 0 Å². The average molecular weight is 365 g/mol. The summed E-state index contributed by atoms with van der Waals surface area (Å²) in [7, 11) is 0. The quantitative estimate of drug-likeness (QED) is 0.684. The average Bonchev–Trinajstić information content (AvgIpc) is 3.12. The van der Waals surface area contributed by atoms with E-state index in [9.17, 15) is 9.90 Å². The number of likely N-dealkylation sites (tertiary alicyclic amines) is 1. The summed E-state index contributed by atoms with van der Waals surface area (Å²) in [5.74, 6) is 0.314. The molecule has 1 aliphatic carbocycles. The molecule has 3 aliphatic rings. The van der Waals surface area contributed by atoms with Gasteiger partial charge in [-0.15, -0.1) is 0 Å². The Kier molecular flexibility index (Phi) is 5.49. The van der Waals surface area contributed by atoms with Crippen LogP contribution in [-0.4, -0.2) is 89.0 Å². The highest BCUT2D eigenvalue weighted by Crippen LogP contribution is 2.31. The fraction of sp³-hybridized carbons (Fsp3) is 0.824. The zero-order valence-electron chi connectivity index (χ0n) is 15.0. The molecular weight excluding hydrogens is 338 g/mol. The van der Waals surface area contributed by atoms with Crippen molar-refractivity contribution in [2.24, 2.45) is 0 Å². The lowest BCUT2D eigenvalue weighted by Crippen LogP contribution is -2.44. The van der Waals surface area contributed by atoms with Gasteiger partial charge in [0.05, 0.1) is 25.4 Å². The fourth-order valence-corrected chi connectivity index (χ4v) is 3.67. The van der Waals surface area contributed by atoms with Crippen LogP contribution in [0.2, 0.25) is 0 Å². The number of amides is 1. The number of carbonyl (C=O) groups excluding carboxylic acids is 1. The number of carbonyl (C=O) groups is 1. The molecule has 9 nitrogen and oxygen atoms in total. The third kappa shape index (κ3) is 4.40. The molecular formula is C17H27N5O4. The highest BCUT2D eigenvalue weighted by molar-refractivity contribution is 5.90. The predicted molar refractivity (Wildman–Crippen MR) is 91.6 cm³/mol. The van der Waals surface area contributed by atoms with E-state index in [2.05, 4.69) is 25.3 Å². The van der Waals surface area contributed by atoms with Crippen LogP contribution in [0.5, 0.6) is 0 Å². The Morgan fingerprint density at radius 1 is 1.23 bits per heavy atom. The molecule has 1 aromatic heterocycles. The number of β-amino-alcohol motifs (C(OH)–C–C–N with tert-alkyl or cyclic N) is 1. The van der Waals surface area contributed by atoms with E-state index in [-0.39, 0.29) is 23.8 Å². The Labute approximate surface area is 152 Å². The molecule has 1 aromatic rings. The summed E-state index contributed by atoms with van der Waals surface area (Å²) in [6, 6.07) is 0.243. The van der Waals surface area contributed by atoms with Gasteiger partial charge in [-0.05, 0) is 32.2 Å². The summed E-state index contributed by atoms with van der Waals surface area (Å²) in [4.78, 5) is 20.8. The Hall–Kier alpha value is -1.55. The number of rotatable bonds is 7. The van der Waals surface area contributed by atoms with Crippen molar-refractivity contribution < 1.29 is 19.2 Å². The highest BCUT2D eigenvalue weighted by Gasteiger charge is 2.33. The lowest BCUT2D eigenvalue weighted by molar-refractivity contribution is 0.00488. The number of morpholine rings is 1. The number of ether oxygens (including phenoxy) is 1. The summed E-state index contributed by atoms with van der Waals surface area (Å²) in [6.45, 7) is 5.28. The van der Waals surface area contributed by atoms with E-state index in [1.807, 2.05) is 0 Å². The van der Waals surface area contributed by atoms with Crippen molar-refractivity contribution >= 4 is 5.91 Å². The number of nitrogens with one attached hydrogen (secondary N) is 1. The third-order valence-corrected chi connectivity index (χ3v) is 5.22. The Bertz CT molecular complexity index is 614. The third-order valence-electron chi connectivity index (χ3n) is 5.22. The van der Waals surface area contributed by atoms with Crippen LogP contribution in [0.15, 0.2) is 4.52 Å². The van der Waals surface area contributed by atoms with Gasteiger partial charge in [0, 0.05) is 32.2 Å². The zero-order chi connectivity index (χ0) is 17.9. The largest absolute Gasteiger partial charge is 0.390 e. The Morgan fingerprint density at radius 3 is 2.81 bits per heavy atom. The smallest absolute Gasteiger partial charge is 0.292 e. The molecule has 3 heterocycles. The molecule has 9 heteroatoms. The van der Waals surface area contributed by atoms with Gasteiger partial charge in [-0.25, -0.2) is 0 Å². The number of nitrogens with zero attached hydrogens (tertiary/aromatic N) is 4. The van der Waals surface area contributed by atoms with E-state index in [1.165, 1.54) is 0 Å². The molecule has 1 amide bonds. The minimum atomic E-state index is -0.436. The zero-order valence-corrected chi connectivity index (χ0v) is 15.0. The lowest BCUT2D eigenvalue weighted by atomic mass is 10.2. The van der Waals surface area contributed by atoms with Crippen molar-refractivity contribution in [3.8, 4) is 0 Å². The van der Waals surface area contributed by atoms with Crippen molar-refractivity contribution in [3.63, 3.8) is 0 Å². The molecule has 144 valence electrons. The van der Waals surface area contributed by atoms with Crippen molar-refractivity contribution in [2.75, 3.05) is 45.9 Å². The summed E-state index contributed by atoms with van der Waals surface area (Å²) in [6.07, 6.45) is 3.52. The monoisotopic (exact) mass is 365 g/mol. The standard InChI is InChI=1S/C17H27N5O4/c23-13(10-21-6-8-25-9-7-21)11-22-5-1-2-14(22)17-19-15(20-26-17)16(24)18-12-3-4-12/h12-14,23H,1-11H2,(H,18,24)/t13-,14+/m1/s1. The molecule has 2 N–H and O–H groups in total. The van der Waals surface area contributed by atoms with Crippen LogP contribution >= 0.6 is 0 Å². The number of hydrogen-bond donors (Lipinski definition) is 2. The van der Waals surface area contributed by atoms with Crippen molar-refractivity contribution in [2.45, 2.75) is 43.9 Å². The van der Waals surface area contributed by atoms with Gasteiger partial charge in [-0.3, -0.25) is 14.6 Å². The second-order valence-electron chi connectivity index (χ2n) is 7.42. The molecule has 0 spiro atoms. The maximum Gasteiger partial charge on any atom is 0.292 e. The molecule has 26 heavy (non-hydrogen) atoms. The van der Waals surface area contributed by atoms with Gasteiger partial charge in [-0.1, -0.05) is 5.16 Å². The molecule has 4 rings (SSSR count). The van der Waals surface area contributed by atoms with Gasteiger partial charge in [0.2, 0.25) is 5.89 Å². The molecule has 1 saturated carbocycles. The maximum absolute atomic E-state index is 12.0. The van der Waals surface area contributed by atoms with Crippen molar-refractivity contribution in [1.82, 2.24) is 25.3 Å². The van der Waals surface area contributed by atoms with Gasteiger partial charge in [0.1, 0.15) is 0 Å². The summed E-state index contributed by atoms with van der Waals surface area (Å²) >= 11 is 0. The van der Waals surface area contributed by atoms with Crippen LogP contribution in [0.25, 0.3) is 0 Å². The molecule has 0 radical (unpaired) electrons. The SMILES string of the molecule is O=C(NC1CC1)c1noc([C@@H]2CCCN2C[C@H](O)CN2CCOCC2)n1. The summed E-state index contributed by atoms with van der Waals surface area (Å²) < 4.78 is 10.7. The highest BCUT2D eigenvalue weighted by atomic mass is 16.5. The van der Waals surface area contributed by atoms with Gasteiger partial charge >= 0.3 is 0 Å². The molecule has 2 aliphatic heterocycles. The van der Waals surface area contributed by atoms with Crippen molar-refractivity contribution in [1.29, 1.82) is 0 Å². The van der Waals surface area contributed by atoms with E-state index >= 15 is 0 Å². The minimum Gasteiger partial charge on any atom is -0.390 e. The number of aliphatic hydroxyl groups excluding tert-OH is 1. The first-order chi connectivity index (χ1) is 12.7. The topological polar surface area (TPSA) is 104 Å². The predicted octanol–water partition coefficient (Wildman–Crippen LogP) is -0.208. The van der Waals surface area contributed by atoms with E-state index < -0.39 is 6.10 Å². The number of aliphatic hydroxyl groups is 1. The summed E-state index contributed by atoms with van der Waals surface area (Å²) in [5.41, 5.74) is 0. The second kappa shape index (κ2) is 7.99. The Morgan fingerprint density at radius 2 is 2.04 bits per heavy atom. The first kappa shape index (κ1) is 17.8. The molecule has 2 atom stereocenters. The summed E-state index contributed by atoms with van der Waals surface area (Å²) in [5, 5.41) is 17.2. The van der Waals surface area contributed by atoms with Gasteiger partial charge in [-0.2, -0.15) is 4.98 Å². The van der Waals surface area contributed by atoms with Gasteiger partial charge < -0.3 is 19.7 Å². The fourth-order valence-electron chi connectivity index (χ4n) is 3.67. The van der Waals surface area contributed by atoms with Crippen LogP contribution in [-0.2, 0) is 4.74 Å². The van der Waals surface area contributed by atoms with Crippen LogP contribution in [0.1, 0.15) is 48.2 Å². The Balaban J connectivity index is 1.32. The second-order valence-corrected chi connectivity index (χ2v) is 7.42. The molecule has 2 saturated heterocycles. The van der Waals surface area contributed by atoms with Crippen molar-refractivity contribution in [3.05, 3.63) is 11.7 Å². The van der Waals surface area contributed by atoms with Crippen LogP contribution in [0.3, 0.4) is 0 Å². The van der Waals surface area contributed by atoms with Gasteiger partial charge in [0.15, 0.2) is 0 Å². The first-order valence-corrected chi connectivity index (χ1v) is 9.56. The number of hydrogen-bond acceptors (Lipinski definition) is 8. The van der Waals surface area contributed by atoms with E-state index in [1.54, 1.807) is 0 Å². The van der Waals surface area contributed by atoms with Crippen LogP contribution < -0.4 is 5.32 Å². The van der Waals surface area contributed by atoms with E-state index in [0.29, 0.717) is 19.0 Å². The molecule has 3 fully saturated rings. The number of aromatic nitrogens is 2. The minimum absolute atomic E-state index is 0.0238. The normalized spacial score (nSPS) is 26.1. The van der Waals surface area contributed by atoms with Gasteiger partial charge in [0.25, 0.3) is 11.7 Å². The van der Waals surface area contributed by atoms with E-state index in [0.717, 1.165) is 58.5 Å². The first-order valence-electron chi connectivity index (χ1n) is 9.56. The molecule has 0 aromatic carbocycles. The van der Waals surface area contributed by atoms with Crippen LogP contribution in [0, 0.1) is 0 Å². The maximum atomic E-state index is 12.0. The molecule has 0 bridgehead atoms. The molecule has 0 unspecified atom stereocenters. The van der Waals surface area contributed by atoms with E-state index in [4.69, 9.17) is 9.26 Å². The lowest BCUT2D eigenvalue weighted by Gasteiger charge is -2.31.